The molecule has 0 saturated carbocycles. The van der Waals surface area contributed by atoms with Crippen molar-refractivity contribution >= 4 is 68.1 Å². The van der Waals surface area contributed by atoms with Crippen LogP contribution in [0.25, 0.3) is 16.5 Å². The lowest BCUT2D eigenvalue weighted by Crippen LogP contribution is -2.29. The second-order valence-electron chi connectivity index (χ2n) is 9.63. The zero-order chi connectivity index (χ0) is 29.9. The largest absolute Gasteiger partial charge is 0.507 e. The van der Waals surface area contributed by atoms with Crippen LogP contribution in [0, 0.1) is 0 Å². The number of anilines is 1. The van der Waals surface area contributed by atoms with Crippen molar-refractivity contribution in [2.24, 2.45) is 0 Å². The van der Waals surface area contributed by atoms with Crippen molar-refractivity contribution in [3.63, 3.8) is 0 Å². The van der Waals surface area contributed by atoms with Crippen molar-refractivity contribution in [1.82, 2.24) is 10.2 Å². The molecular weight excluding hydrogens is 602 g/mol. The number of thioether (sulfide) groups is 1. The number of aliphatic hydroxyl groups is 1. The number of carbonyl (C=O) groups excluding carboxylic acids is 2. The Morgan fingerprint density at radius 2 is 1.79 bits per heavy atom. The number of rotatable bonds is 9. The van der Waals surface area contributed by atoms with Gasteiger partial charge in [0.25, 0.3) is 5.78 Å². The van der Waals surface area contributed by atoms with Gasteiger partial charge in [-0.05, 0) is 58.3 Å². The fraction of sp³-hybridized carbons (Fsp3) is 0.0909. The summed E-state index contributed by atoms with van der Waals surface area (Å²) in [6.45, 7) is 3.97. The molecule has 1 aliphatic heterocycles. The summed E-state index contributed by atoms with van der Waals surface area (Å²) >= 11 is 8.77. The third-order valence-electron chi connectivity index (χ3n) is 6.94. The van der Waals surface area contributed by atoms with E-state index in [1.165, 1.54) is 28.0 Å². The Morgan fingerprint density at radius 3 is 2.60 bits per heavy atom. The van der Waals surface area contributed by atoms with Crippen LogP contribution in [0.4, 0.5) is 5.13 Å². The number of halogens is 1. The van der Waals surface area contributed by atoms with E-state index >= 15 is 0 Å². The van der Waals surface area contributed by atoms with Gasteiger partial charge in [0.05, 0.1) is 11.6 Å². The average molecular weight is 626 g/mol. The predicted molar refractivity (Wildman–Crippen MR) is 172 cm³/mol. The van der Waals surface area contributed by atoms with Crippen molar-refractivity contribution in [2.45, 2.75) is 16.1 Å². The van der Waals surface area contributed by atoms with Gasteiger partial charge in [-0.3, -0.25) is 14.5 Å². The number of aromatic nitrogens is 2. The molecule has 1 N–H and O–H groups in total. The van der Waals surface area contributed by atoms with E-state index in [2.05, 4.69) is 41.0 Å². The van der Waals surface area contributed by atoms with Gasteiger partial charge in [-0.1, -0.05) is 102 Å². The molecule has 1 aliphatic rings. The molecule has 4 aromatic carbocycles. The van der Waals surface area contributed by atoms with Crippen LogP contribution in [0.5, 0.6) is 5.75 Å². The van der Waals surface area contributed by atoms with Crippen LogP contribution >= 0.6 is 34.7 Å². The smallest absolute Gasteiger partial charge is 0.301 e. The fourth-order valence-electron chi connectivity index (χ4n) is 4.95. The van der Waals surface area contributed by atoms with Gasteiger partial charge in [0.15, 0.2) is 4.34 Å². The van der Waals surface area contributed by atoms with Gasteiger partial charge in [0.1, 0.15) is 18.1 Å². The maximum absolute atomic E-state index is 13.6. The molecule has 0 aliphatic carbocycles. The maximum Gasteiger partial charge on any atom is 0.301 e. The lowest BCUT2D eigenvalue weighted by atomic mass is 9.95. The van der Waals surface area contributed by atoms with E-state index in [1.807, 2.05) is 18.2 Å². The summed E-state index contributed by atoms with van der Waals surface area (Å²) in [5, 5.41) is 23.1. The Kier molecular flexibility index (Phi) is 8.29. The van der Waals surface area contributed by atoms with Crippen molar-refractivity contribution < 1.29 is 19.4 Å². The molecule has 1 fully saturated rings. The van der Waals surface area contributed by atoms with Crippen LogP contribution in [-0.4, -0.2) is 33.6 Å². The van der Waals surface area contributed by atoms with Gasteiger partial charge in [0, 0.05) is 16.3 Å². The van der Waals surface area contributed by atoms with Gasteiger partial charge < -0.3 is 9.84 Å². The summed E-state index contributed by atoms with van der Waals surface area (Å²) in [4.78, 5) is 28.4. The van der Waals surface area contributed by atoms with E-state index in [-0.39, 0.29) is 23.1 Å². The number of benzene rings is 4. The second kappa shape index (κ2) is 12.4. The van der Waals surface area contributed by atoms with Gasteiger partial charge >= 0.3 is 5.91 Å². The number of amides is 1. The predicted octanol–water partition coefficient (Wildman–Crippen LogP) is 7.83. The first kappa shape index (κ1) is 28.7. The molecule has 0 radical (unpaired) electrons. The molecule has 6 rings (SSSR count). The van der Waals surface area contributed by atoms with Crippen molar-refractivity contribution in [1.29, 1.82) is 0 Å². The molecule has 1 aromatic heterocycles. The number of hydrogen-bond acceptors (Lipinski definition) is 8. The number of aliphatic hydroxyl groups excluding tert-OH is 1. The highest BCUT2D eigenvalue weighted by Gasteiger charge is 2.48. The summed E-state index contributed by atoms with van der Waals surface area (Å²) in [7, 11) is 0. The van der Waals surface area contributed by atoms with E-state index < -0.39 is 17.7 Å². The first-order valence-corrected chi connectivity index (χ1v) is 15.5. The minimum Gasteiger partial charge on any atom is -0.507 e. The number of nitrogens with zero attached hydrogens (tertiary/aromatic N) is 3. The molecule has 43 heavy (non-hydrogen) atoms. The number of hydrogen-bond donors (Lipinski definition) is 1. The monoisotopic (exact) mass is 625 g/mol. The van der Waals surface area contributed by atoms with Crippen LogP contribution in [0.2, 0.25) is 5.02 Å². The molecule has 1 unspecified atom stereocenters. The topological polar surface area (TPSA) is 92.6 Å². The van der Waals surface area contributed by atoms with Crippen molar-refractivity contribution in [2.75, 3.05) is 11.5 Å². The Labute approximate surface area is 261 Å². The Hall–Kier alpha value is -4.44. The van der Waals surface area contributed by atoms with Gasteiger partial charge in [-0.15, -0.1) is 10.2 Å². The van der Waals surface area contributed by atoms with E-state index in [1.54, 1.807) is 54.6 Å². The number of fused-ring (bicyclic) bond motifs is 1. The third kappa shape index (κ3) is 5.79. The first-order chi connectivity index (χ1) is 20.9. The molecule has 7 nitrogen and oxygen atoms in total. The molecule has 2 heterocycles. The Bertz CT molecular complexity index is 1880. The van der Waals surface area contributed by atoms with E-state index in [0.29, 0.717) is 32.0 Å². The van der Waals surface area contributed by atoms with Crippen LogP contribution in [0.1, 0.15) is 22.7 Å². The molecule has 10 heteroatoms. The Balaban J connectivity index is 1.38. The molecule has 5 aromatic rings. The fourth-order valence-corrected chi connectivity index (χ4v) is 6.95. The highest BCUT2D eigenvalue weighted by molar-refractivity contribution is 8.00. The zero-order valence-electron chi connectivity index (χ0n) is 22.6. The molecule has 214 valence electrons. The van der Waals surface area contributed by atoms with E-state index in [9.17, 15) is 14.7 Å². The number of ether oxygens (including phenoxy) is 1. The molecule has 1 saturated heterocycles. The second-order valence-corrected chi connectivity index (χ2v) is 12.2. The van der Waals surface area contributed by atoms with Crippen LogP contribution < -0.4 is 9.64 Å². The minimum atomic E-state index is -0.966. The molecular formula is C33H24ClN3O4S2. The minimum absolute atomic E-state index is 0.0617. The summed E-state index contributed by atoms with van der Waals surface area (Å²) in [6.07, 6.45) is 1.62. The zero-order valence-corrected chi connectivity index (χ0v) is 25.0. The molecule has 0 bridgehead atoms. The van der Waals surface area contributed by atoms with Crippen LogP contribution in [0.3, 0.4) is 0 Å². The molecule has 1 atom stereocenters. The van der Waals surface area contributed by atoms with Crippen LogP contribution in [-0.2, 0) is 15.3 Å². The summed E-state index contributed by atoms with van der Waals surface area (Å²) in [5.41, 5.74) is 2.01. The maximum atomic E-state index is 13.6. The van der Waals surface area contributed by atoms with Gasteiger partial charge in [-0.25, -0.2) is 0 Å². The normalized spacial score (nSPS) is 16.1. The summed E-state index contributed by atoms with van der Waals surface area (Å²) < 4.78 is 6.37. The molecule has 0 spiro atoms. The van der Waals surface area contributed by atoms with E-state index in [4.69, 9.17) is 16.3 Å². The molecule has 1 amide bonds. The number of ketones is 1. The highest BCUT2D eigenvalue weighted by atomic mass is 35.5. The average Bonchev–Trinajstić information content (AvgIpc) is 3.60. The number of Topliss-reactive ketones (excluding diaryl/α,β-unsaturated/α-hetero) is 1. The quantitative estimate of drug-likeness (QED) is 0.0446. The lowest BCUT2D eigenvalue weighted by molar-refractivity contribution is -0.132. The summed E-state index contributed by atoms with van der Waals surface area (Å²) in [5.74, 6) is -0.764. The Morgan fingerprint density at radius 1 is 1.02 bits per heavy atom. The lowest BCUT2D eigenvalue weighted by Gasteiger charge is -2.23. The number of carbonyl (C=O) groups is 2. The first-order valence-electron chi connectivity index (χ1n) is 13.3. The summed E-state index contributed by atoms with van der Waals surface area (Å²) in [6, 6.07) is 26.8. The SMILES string of the molecule is C=CCOc1cccc(C2/C(=C(\O)c3ccc(Cl)cc3)C(=O)C(=O)N2c2nnc(SCc3cccc4ccccc34)s2)c1. The highest BCUT2D eigenvalue weighted by Crippen LogP contribution is 2.44. The van der Waals surface area contributed by atoms with Gasteiger partial charge in [-0.2, -0.15) is 0 Å². The van der Waals surface area contributed by atoms with Gasteiger partial charge in [0.2, 0.25) is 5.13 Å². The van der Waals surface area contributed by atoms with Crippen molar-refractivity contribution in [3.05, 3.63) is 131 Å². The van der Waals surface area contributed by atoms with E-state index in [0.717, 1.165) is 16.3 Å². The third-order valence-corrected chi connectivity index (χ3v) is 9.29. The standard InChI is InChI=1S/C33H24ClN3O4S2/c1-2-17-41-25-11-6-9-22(18-25)28-27(29(38)21-13-15-24(34)16-14-21)30(39)31(40)37(28)32-35-36-33(43-32)42-19-23-10-5-8-20-7-3-4-12-26(20)23/h2-16,18,28,38H,1,17,19H2/b29-27+. The van der Waals surface area contributed by atoms with Crippen molar-refractivity contribution in [3.8, 4) is 5.75 Å². The van der Waals surface area contributed by atoms with Crippen LogP contribution in [0.15, 0.2) is 114 Å².